The minimum atomic E-state index is -3.27. The molecule has 0 atom stereocenters. The number of esters is 1. The van der Waals surface area contributed by atoms with Crippen molar-refractivity contribution < 1.29 is 17.9 Å². The van der Waals surface area contributed by atoms with Gasteiger partial charge in [0, 0.05) is 12.4 Å². The third kappa shape index (κ3) is 8.65. The van der Waals surface area contributed by atoms with Gasteiger partial charge in [0.1, 0.15) is 0 Å². The molecule has 0 aromatic carbocycles. The number of carbonyl (C=O) groups is 1. The molecular weight excluding hydrogens is 242 g/mol. The summed E-state index contributed by atoms with van der Waals surface area (Å²) in [6.45, 7) is 0.0792. The second-order valence-electron chi connectivity index (χ2n) is 2.94. The summed E-state index contributed by atoms with van der Waals surface area (Å²) in [4.78, 5) is 10.7. The van der Waals surface area contributed by atoms with Gasteiger partial charge >= 0.3 is 5.97 Å². The highest BCUT2D eigenvalue weighted by molar-refractivity contribution is 7.89. The van der Waals surface area contributed by atoms with E-state index in [1.807, 2.05) is 0 Å². The van der Waals surface area contributed by atoms with Crippen LogP contribution in [0.4, 0.5) is 0 Å². The predicted molar refractivity (Wildman–Crippen MR) is 58.4 cm³/mol. The van der Waals surface area contributed by atoms with Crippen molar-refractivity contribution >= 4 is 27.6 Å². The molecule has 1 N–H and O–H groups in total. The van der Waals surface area contributed by atoms with E-state index >= 15 is 0 Å². The predicted octanol–water partition coefficient (Wildman–Crippen LogP) is 0.488. The second-order valence-corrected chi connectivity index (χ2v) is 5.24. The number of carbonyl (C=O) groups excluding carboxylic acids is 1. The van der Waals surface area contributed by atoms with E-state index in [4.69, 9.17) is 11.6 Å². The van der Waals surface area contributed by atoms with Crippen LogP contribution in [0.3, 0.4) is 0 Å². The maximum atomic E-state index is 11.3. The molecule has 0 aromatic heterocycles. The van der Waals surface area contributed by atoms with Crippen LogP contribution in [0.5, 0.6) is 0 Å². The van der Waals surface area contributed by atoms with Crippen molar-refractivity contribution in [3.05, 3.63) is 0 Å². The van der Waals surface area contributed by atoms with E-state index in [0.29, 0.717) is 18.7 Å². The smallest absolute Gasteiger partial charge is 0.306 e. The Morgan fingerprint density at radius 2 is 2.07 bits per heavy atom. The number of hydrogen-bond acceptors (Lipinski definition) is 4. The van der Waals surface area contributed by atoms with Crippen LogP contribution >= 0.6 is 11.6 Å². The molecule has 15 heavy (non-hydrogen) atoms. The van der Waals surface area contributed by atoms with Gasteiger partial charge in [-0.05, 0) is 12.8 Å². The first-order valence-electron chi connectivity index (χ1n) is 4.62. The molecule has 0 aliphatic carbocycles. The third-order valence-corrected chi connectivity index (χ3v) is 3.41. The summed E-state index contributed by atoms with van der Waals surface area (Å²) in [5, 5.41) is 0. The van der Waals surface area contributed by atoms with Gasteiger partial charge in [0.25, 0.3) is 0 Å². The van der Waals surface area contributed by atoms with Gasteiger partial charge < -0.3 is 4.74 Å². The number of halogens is 1. The Morgan fingerprint density at radius 3 is 2.60 bits per heavy atom. The molecule has 0 amide bonds. The van der Waals surface area contributed by atoms with Crippen LogP contribution in [0.2, 0.25) is 0 Å². The lowest BCUT2D eigenvalue weighted by molar-refractivity contribution is -0.140. The lowest BCUT2D eigenvalue weighted by Gasteiger charge is -2.05. The third-order valence-electron chi connectivity index (χ3n) is 1.68. The maximum absolute atomic E-state index is 11.3. The molecular formula is C8H16ClNO4S. The SMILES string of the molecule is COC(=O)CCNS(=O)(=O)CCCCCl. The molecule has 90 valence electrons. The lowest BCUT2D eigenvalue weighted by Crippen LogP contribution is -2.28. The van der Waals surface area contributed by atoms with E-state index in [2.05, 4.69) is 9.46 Å². The van der Waals surface area contributed by atoms with Gasteiger partial charge in [-0.1, -0.05) is 0 Å². The quantitative estimate of drug-likeness (QED) is 0.390. The van der Waals surface area contributed by atoms with E-state index in [9.17, 15) is 13.2 Å². The monoisotopic (exact) mass is 257 g/mol. The van der Waals surface area contributed by atoms with Crippen LogP contribution in [-0.4, -0.2) is 39.7 Å². The molecule has 0 aliphatic rings. The summed E-state index contributed by atoms with van der Waals surface area (Å²) < 4.78 is 29.2. The Labute approximate surface area is 95.2 Å². The van der Waals surface area contributed by atoms with Crippen LogP contribution in [0.1, 0.15) is 19.3 Å². The number of hydrogen-bond donors (Lipinski definition) is 1. The van der Waals surface area contributed by atoms with Crippen molar-refractivity contribution in [3.8, 4) is 0 Å². The van der Waals surface area contributed by atoms with Crippen molar-refractivity contribution in [1.82, 2.24) is 4.72 Å². The van der Waals surface area contributed by atoms with Gasteiger partial charge in [0.2, 0.25) is 10.0 Å². The van der Waals surface area contributed by atoms with E-state index < -0.39 is 16.0 Å². The zero-order chi connectivity index (χ0) is 11.7. The molecule has 0 fully saturated rings. The van der Waals surface area contributed by atoms with Crippen LogP contribution in [0.25, 0.3) is 0 Å². The van der Waals surface area contributed by atoms with Crippen molar-refractivity contribution in [2.75, 3.05) is 25.3 Å². The molecule has 0 rings (SSSR count). The highest BCUT2D eigenvalue weighted by Gasteiger charge is 2.10. The summed E-state index contributed by atoms with van der Waals surface area (Å²) in [5.74, 6) is 0.0666. The average molecular weight is 258 g/mol. The summed E-state index contributed by atoms with van der Waals surface area (Å²) in [6.07, 6.45) is 1.24. The second kappa shape index (κ2) is 7.90. The number of nitrogens with one attached hydrogen (secondary N) is 1. The minimum Gasteiger partial charge on any atom is -0.469 e. The highest BCUT2D eigenvalue weighted by Crippen LogP contribution is 1.96. The fourth-order valence-electron chi connectivity index (χ4n) is 0.869. The number of rotatable bonds is 8. The first-order valence-corrected chi connectivity index (χ1v) is 6.80. The number of sulfonamides is 1. The Hall–Kier alpha value is -0.330. The molecule has 0 saturated heterocycles. The molecule has 0 saturated carbocycles. The van der Waals surface area contributed by atoms with E-state index in [1.54, 1.807) is 0 Å². The van der Waals surface area contributed by atoms with Crippen LogP contribution in [0.15, 0.2) is 0 Å². The summed E-state index contributed by atoms with van der Waals surface area (Å²) >= 11 is 5.42. The number of ether oxygens (including phenoxy) is 1. The molecule has 0 bridgehead atoms. The fraction of sp³-hybridized carbons (Fsp3) is 0.875. The molecule has 5 nitrogen and oxygen atoms in total. The number of alkyl halides is 1. The molecule has 7 heteroatoms. The average Bonchev–Trinajstić information content (AvgIpc) is 2.17. The van der Waals surface area contributed by atoms with Gasteiger partial charge in [0.15, 0.2) is 0 Å². The fourth-order valence-corrected chi connectivity index (χ4v) is 2.20. The van der Waals surface area contributed by atoms with Crippen LogP contribution in [0, 0.1) is 0 Å². The normalized spacial score (nSPS) is 11.3. The Balaban J connectivity index is 3.70. The highest BCUT2D eigenvalue weighted by atomic mass is 35.5. The van der Waals surface area contributed by atoms with Gasteiger partial charge in [-0.3, -0.25) is 4.79 Å². The van der Waals surface area contributed by atoms with Crippen LogP contribution in [-0.2, 0) is 19.6 Å². The van der Waals surface area contributed by atoms with Gasteiger partial charge in [-0.2, -0.15) is 0 Å². The van der Waals surface area contributed by atoms with E-state index in [0.717, 1.165) is 0 Å². The molecule has 0 unspecified atom stereocenters. The summed E-state index contributed by atoms with van der Waals surface area (Å²) in [7, 11) is -2.01. The lowest BCUT2D eigenvalue weighted by atomic mass is 10.4. The minimum absolute atomic E-state index is 0.0426. The first-order chi connectivity index (χ1) is 7.02. The molecule has 0 spiro atoms. The van der Waals surface area contributed by atoms with Crippen molar-refractivity contribution in [2.45, 2.75) is 19.3 Å². The Bertz CT molecular complexity index is 278. The molecule has 0 radical (unpaired) electrons. The largest absolute Gasteiger partial charge is 0.469 e. The number of methoxy groups -OCH3 is 1. The van der Waals surface area contributed by atoms with Crippen LogP contribution < -0.4 is 4.72 Å². The van der Waals surface area contributed by atoms with E-state index in [-0.39, 0.29) is 18.7 Å². The Morgan fingerprint density at radius 1 is 1.40 bits per heavy atom. The standard InChI is InChI=1S/C8H16ClNO4S/c1-14-8(11)4-6-10-15(12,13)7-3-2-5-9/h10H,2-7H2,1H3. The topological polar surface area (TPSA) is 72.5 Å². The van der Waals surface area contributed by atoms with Gasteiger partial charge in [-0.25, -0.2) is 13.1 Å². The zero-order valence-corrected chi connectivity index (χ0v) is 10.2. The van der Waals surface area contributed by atoms with Gasteiger partial charge in [0.05, 0.1) is 19.3 Å². The maximum Gasteiger partial charge on any atom is 0.306 e. The first kappa shape index (κ1) is 14.7. The molecule has 0 aromatic rings. The Kier molecular flexibility index (Phi) is 7.72. The summed E-state index contributed by atoms with van der Waals surface area (Å²) in [5.41, 5.74) is 0. The van der Waals surface area contributed by atoms with Crippen molar-refractivity contribution in [3.63, 3.8) is 0 Å². The van der Waals surface area contributed by atoms with Crippen molar-refractivity contribution in [2.24, 2.45) is 0 Å². The molecule has 0 heterocycles. The zero-order valence-electron chi connectivity index (χ0n) is 8.66. The van der Waals surface area contributed by atoms with Crippen molar-refractivity contribution in [1.29, 1.82) is 0 Å². The summed E-state index contributed by atoms with van der Waals surface area (Å²) in [6, 6.07) is 0. The van der Waals surface area contributed by atoms with Gasteiger partial charge in [-0.15, -0.1) is 11.6 Å². The number of unbranched alkanes of at least 4 members (excludes halogenated alkanes) is 1. The van der Waals surface area contributed by atoms with E-state index in [1.165, 1.54) is 7.11 Å². The molecule has 0 aliphatic heterocycles.